The standard InChI is InChI=1S/C18H15NO3/c1-11-16(12-6-4-3-5-7-12)17(18(20)21)14-9-8-13(22-2)10-15(14)19-11/h3-10H,1-2H3,(H,20,21). The molecule has 0 spiro atoms. The first-order valence-electron chi connectivity index (χ1n) is 6.89. The number of benzene rings is 2. The molecule has 22 heavy (non-hydrogen) atoms. The molecule has 1 aromatic heterocycles. The Labute approximate surface area is 128 Å². The van der Waals surface area contributed by atoms with E-state index in [-0.39, 0.29) is 5.56 Å². The van der Waals surface area contributed by atoms with Gasteiger partial charge in [0, 0.05) is 22.7 Å². The van der Waals surface area contributed by atoms with Gasteiger partial charge in [0.2, 0.25) is 0 Å². The first-order valence-corrected chi connectivity index (χ1v) is 6.89. The van der Waals surface area contributed by atoms with Crippen molar-refractivity contribution in [3.05, 3.63) is 59.8 Å². The van der Waals surface area contributed by atoms with E-state index in [1.54, 1.807) is 25.3 Å². The van der Waals surface area contributed by atoms with Crippen LogP contribution in [0.4, 0.5) is 0 Å². The molecule has 0 bridgehead atoms. The first kappa shape index (κ1) is 14.1. The van der Waals surface area contributed by atoms with Crippen molar-refractivity contribution in [1.82, 2.24) is 4.98 Å². The van der Waals surface area contributed by atoms with Crippen LogP contribution in [0.5, 0.6) is 5.75 Å². The Morgan fingerprint density at radius 2 is 1.86 bits per heavy atom. The van der Waals surface area contributed by atoms with E-state index in [1.807, 2.05) is 37.3 Å². The minimum absolute atomic E-state index is 0.274. The van der Waals surface area contributed by atoms with E-state index < -0.39 is 5.97 Å². The Hall–Kier alpha value is -2.88. The second kappa shape index (κ2) is 5.48. The summed E-state index contributed by atoms with van der Waals surface area (Å²) in [6.45, 7) is 1.83. The number of carboxylic acid groups (broad SMARTS) is 1. The number of nitrogens with zero attached hydrogens (tertiary/aromatic N) is 1. The van der Waals surface area contributed by atoms with Gasteiger partial charge in [-0.1, -0.05) is 30.3 Å². The van der Waals surface area contributed by atoms with Crippen LogP contribution in [0.15, 0.2) is 48.5 Å². The molecule has 0 unspecified atom stereocenters. The molecular formula is C18H15NO3. The number of ether oxygens (including phenoxy) is 1. The maximum Gasteiger partial charge on any atom is 0.337 e. The van der Waals surface area contributed by atoms with Crippen LogP contribution in [0.3, 0.4) is 0 Å². The molecular weight excluding hydrogens is 278 g/mol. The number of carbonyl (C=O) groups is 1. The molecule has 3 rings (SSSR count). The smallest absolute Gasteiger partial charge is 0.337 e. The molecule has 0 aliphatic rings. The quantitative estimate of drug-likeness (QED) is 0.795. The van der Waals surface area contributed by atoms with Crippen molar-refractivity contribution in [1.29, 1.82) is 0 Å². The van der Waals surface area contributed by atoms with E-state index in [0.717, 1.165) is 5.56 Å². The summed E-state index contributed by atoms with van der Waals surface area (Å²) in [5, 5.41) is 10.3. The van der Waals surface area contributed by atoms with Gasteiger partial charge < -0.3 is 9.84 Å². The number of pyridine rings is 1. The number of carboxylic acids is 1. The van der Waals surface area contributed by atoms with Crippen molar-refractivity contribution in [2.45, 2.75) is 6.92 Å². The van der Waals surface area contributed by atoms with Crippen LogP contribution in [-0.2, 0) is 0 Å². The van der Waals surface area contributed by atoms with Gasteiger partial charge in [0.15, 0.2) is 0 Å². The molecule has 0 saturated heterocycles. The van der Waals surface area contributed by atoms with Gasteiger partial charge in [-0.25, -0.2) is 4.79 Å². The minimum Gasteiger partial charge on any atom is -0.497 e. The SMILES string of the molecule is COc1ccc2c(C(=O)O)c(-c3ccccc3)c(C)nc2c1. The highest BCUT2D eigenvalue weighted by atomic mass is 16.5. The van der Waals surface area contributed by atoms with Crippen LogP contribution >= 0.6 is 0 Å². The van der Waals surface area contributed by atoms with E-state index in [1.165, 1.54) is 0 Å². The summed E-state index contributed by atoms with van der Waals surface area (Å²) >= 11 is 0. The third-order valence-corrected chi connectivity index (χ3v) is 3.65. The fourth-order valence-corrected chi connectivity index (χ4v) is 2.67. The average molecular weight is 293 g/mol. The van der Waals surface area contributed by atoms with Gasteiger partial charge >= 0.3 is 5.97 Å². The van der Waals surface area contributed by atoms with Crippen molar-refractivity contribution in [3.63, 3.8) is 0 Å². The summed E-state index contributed by atoms with van der Waals surface area (Å²) in [5.74, 6) is -0.303. The summed E-state index contributed by atoms with van der Waals surface area (Å²) in [6.07, 6.45) is 0. The first-order chi connectivity index (χ1) is 10.6. The lowest BCUT2D eigenvalue weighted by atomic mass is 9.95. The second-order valence-electron chi connectivity index (χ2n) is 5.00. The molecule has 0 saturated carbocycles. The van der Waals surface area contributed by atoms with Crippen LogP contribution in [0.1, 0.15) is 16.1 Å². The summed E-state index contributed by atoms with van der Waals surface area (Å²) < 4.78 is 5.19. The average Bonchev–Trinajstić information content (AvgIpc) is 2.53. The highest BCUT2D eigenvalue weighted by Crippen LogP contribution is 2.33. The molecule has 2 aromatic carbocycles. The molecule has 0 radical (unpaired) electrons. The topological polar surface area (TPSA) is 59.4 Å². The lowest BCUT2D eigenvalue weighted by Gasteiger charge is -2.13. The zero-order valence-corrected chi connectivity index (χ0v) is 12.3. The van der Waals surface area contributed by atoms with E-state index in [0.29, 0.717) is 27.9 Å². The zero-order chi connectivity index (χ0) is 15.7. The fourth-order valence-electron chi connectivity index (χ4n) is 2.67. The summed E-state index contributed by atoms with van der Waals surface area (Å²) in [5.41, 5.74) is 3.09. The van der Waals surface area contributed by atoms with E-state index in [2.05, 4.69) is 4.98 Å². The highest BCUT2D eigenvalue weighted by molar-refractivity contribution is 6.09. The van der Waals surface area contributed by atoms with Crippen molar-refractivity contribution in [2.24, 2.45) is 0 Å². The molecule has 1 heterocycles. The van der Waals surface area contributed by atoms with Crippen molar-refractivity contribution < 1.29 is 14.6 Å². The molecule has 0 amide bonds. The number of methoxy groups -OCH3 is 1. The molecule has 3 aromatic rings. The predicted octanol–water partition coefficient (Wildman–Crippen LogP) is 3.92. The fraction of sp³-hybridized carbons (Fsp3) is 0.111. The van der Waals surface area contributed by atoms with Crippen LogP contribution < -0.4 is 4.74 Å². The van der Waals surface area contributed by atoms with Crippen molar-refractivity contribution in [2.75, 3.05) is 7.11 Å². The number of aromatic carboxylic acids is 1. The Bertz CT molecular complexity index is 857. The van der Waals surface area contributed by atoms with E-state index in [9.17, 15) is 9.90 Å². The Balaban J connectivity index is 2.40. The van der Waals surface area contributed by atoms with Gasteiger partial charge in [0.05, 0.1) is 18.2 Å². The Kier molecular flexibility index (Phi) is 3.51. The van der Waals surface area contributed by atoms with Gasteiger partial charge in [-0.3, -0.25) is 4.98 Å². The monoisotopic (exact) mass is 293 g/mol. The largest absolute Gasteiger partial charge is 0.497 e. The number of hydrogen-bond donors (Lipinski definition) is 1. The van der Waals surface area contributed by atoms with Gasteiger partial charge in [0.1, 0.15) is 5.75 Å². The number of aryl methyl sites for hydroxylation is 1. The number of hydrogen-bond acceptors (Lipinski definition) is 3. The summed E-state index contributed by atoms with van der Waals surface area (Å²) in [7, 11) is 1.57. The molecule has 0 aliphatic carbocycles. The maximum absolute atomic E-state index is 11.9. The van der Waals surface area contributed by atoms with E-state index in [4.69, 9.17) is 4.74 Å². The van der Waals surface area contributed by atoms with Crippen LogP contribution in [0.2, 0.25) is 0 Å². The van der Waals surface area contributed by atoms with Gasteiger partial charge in [-0.15, -0.1) is 0 Å². The van der Waals surface area contributed by atoms with E-state index >= 15 is 0 Å². The number of fused-ring (bicyclic) bond motifs is 1. The third kappa shape index (κ3) is 2.29. The molecule has 1 N–H and O–H groups in total. The van der Waals surface area contributed by atoms with Crippen LogP contribution in [0.25, 0.3) is 22.0 Å². The van der Waals surface area contributed by atoms with Gasteiger partial charge in [0.25, 0.3) is 0 Å². The molecule has 4 heteroatoms. The zero-order valence-electron chi connectivity index (χ0n) is 12.3. The number of aromatic nitrogens is 1. The predicted molar refractivity (Wildman–Crippen MR) is 85.4 cm³/mol. The van der Waals surface area contributed by atoms with Crippen molar-refractivity contribution in [3.8, 4) is 16.9 Å². The lowest BCUT2D eigenvalue weighted by Crippen LogP contribution is -2.05. The maximum atomic E-state index is 11.9. The third-order valence-electron chi connectivity index (χ3n) is 3.65. The van der Waals surface area contributed by atoms with Crippen LogP contribution in [-0.4, -0.2) is 23.2 Å². The molecule has 0 fully saturated rings. The Morgan fingerprint density at radius 1 is 1.14 bits per heavy atom. The van der Waals surface area contributed by atoms with Gasteiger partial charge in [-0.2, -0.15) is 0 Å². The van der Waals surface area contributed by atoms with Crippen molar-refractivity contribution >= 4 is 16.9 Å². The van der Waals surface area contributed by atoms with Crippen LogP contribution in [0, 0.1) is 6.92 Å². The molecule has 4 nitrogen and oxygen atoms in total. The summed E-state index contributed by atoms with van der Waals surface area (Å²) in [4.78, 5) is 16.4. The molecule has 0 aliphatic heterocycles. The Morgan fingerprint density at radius 3 is 2.50 bits per heavy atom. The highest BCUT2D eigenvalue weighted by Gasteiger charge is 2.19. The molecule has 110 valence electrons. The lowest BCUT2D eigenvalue weighted by molar-refractivity contribution is 0.0699. The molecule has 0 atom stereocenters. The number of rotatable bonds is 3. The normalized spacial score (nSPS) is 10.6. The van der Waals surface area contributed by atoms with Gasteiger partial charge in [-0.05, 0) is 24.6 Å². The second-order valence-corrected chi connectivity index (χ2v) is 5.00. The minimum atomic E-state index is -0.959. The summed E-state index contributed by atoms with van der Waals surface area (Å²) in [6, 6.07) is 14.7.